The van der Waals surface area contributed by atoms with Crippen LogP contribution < -0.4 is 4.90 Å². The monoisotopic (exact) mass is 542 g/mol. The Hall–Kier alpha value is -0.406. The number of hydrogen-bond donors (Lipinski definition) is 0. The van der Waals surface area contributed by atoms with Gasteiger partial charge in [-0.3, -0.25) is 0 Å². The summed E-state index contributed by atoms with van der Waals surface area (Å²) in [6.45, 7) is 35.0. The molecule has 1 radical (unpaired) electrons. The smallest absolute Gasteiger partial charge is 0.0299 e. The zero-order valence-corrected chi connectivity index (χ0v) is 27.7. The number of aromatic nitrogens is 2. The maximum Gasteiger partial charge on any atom is 0.0299 e. The van der Waals surface area contributed by atoms with Crippen LogP contribution in [0.5, 0.6) is 0 Å². The minimum Gasteiger partial charge on any atom is -0.410 e. The van der Waals surface area contributed by atoms with Crippen LogP contribution in [0.15, 0.2) is 18.3 Å². The van der Waals surface area contributed by atoms with Crippen molar-refractivity contribution >= 4 is 11.3 Å². The molecule has 3 nitrogen and oxygen atoms in total. The van der Waals surface area contributed by atoms with Crippen LogP contribution in [0.4, 0.5) is 5.69 Å². The molecule has 0 aliphatic heterocycles. The molecule has 0 fully saturated rings. The van der Waals surface area contributed by atoms with Crippen molar-refractivity contribution in [2.75, 3.05) is 4.90 Å². The van der Waals surface area contributed by atoms with Crippen molar-refractivity contribution in [2.24, 2.45) is 22.2 Å². The second kappa shape index (κ2) is 10.2. The Morgan fingerprint density at radius 2 is 1.35 bits per heavy atom. The molecular weight excluding hydrogens is 491 g/mol. The summed E-state index contributed by atoms with van der Waals surface area (Å²) in [7, 11) is 0. The molecule has 0 amide bonds. The van der Waals surface area contributed by atoms with Gasteiger partial charge in [-0.25, -0.2) is 0 Å². The van der Waals surface area contributed by atoms with E-state index in [9.17, 15) is 0 Å². The van der Waals surface area contributed by atoms with Gasteiger partial charge >= 0.3 is 0 Å². The predicted octanol–water partition coefficient (Wildman–Crippen LogP) is 8.36. The average molecular weight is 543 g/mol. The van der Waals surface area contributed by atoms with E-state index in [-0.39, 0.29) is 65.9 Å². The Kier molecular flexibility index (Phi) is 9.45. The molecular formula is C30H51N3Y-2. The topological polar surface area (TPSA) is 20.5 Å². The van der Waals surface area contributed by atoms with Crippen molar-refractivity contribution < 1.29 is 32.7 Å². The third-order valence-electron chi connectivity index (χ3n) is 6.37. The van der Waals surface area contributed by atoms with Crippen LogP contribution in [0.1, 0.15) is 110 Å². The van der Waals surface area contributed by atoms with Gasteiger partial charge in [-0.2, -0.15) is 5.41 Å². The molecule has 0 bridgehead atoms. The van der Waals surface area contributed by atoms with Crippen LogP contribution >= 0.6 is 0 Å². The third-order valence-corrected chi connectivity index (χ3v) is 6.37. The predicted molar refractivity (Wildman–Crippen MR) is 145 cm³/mol. The minimum atomic E-state index is -0.103. The van der Waals surface area contributed by atoms with E-state index in [1.54, 1.807) is 0 Å². The minimum absolute atomic E-state index is 0. The first-order chi connectivity index (χ1) is 14.5. The standard InChI is InChI=1S/C30H51N3.Y/c1-26(2,3)18-22(27(4,5)6)25(29(10,11)12)33(30(13,14)15)21-19-31-24-17-16-23(28(7,8)9)32(24)20-21;/h16-18,20,22,25H,1-15H3;/q-2;. The Balaban J connectivity index is 0.00000578. The zero-order valence-electron chi connectivity index (χ0n) is 24.9. The molecule has 4 heteroatoms. The van der Waals surface area contributed by atoms with Crippen LogP contribution in [-0.4, -0.2) is 21.0 Å². The van der Waals surface area contributed by atoms with E-state index in [4.69, 9.17) is 4.98 Å². The summed E-state index contributed by atoms with van der Waals surface area (Å²) in [5.74, 6) is 0.368. The Bertz CT molecular complexity index is 937. The summed E-state index contributed by atoms with van der Waals surface area (Å²) in [5.41, 5.74) is 3.50. The van der Waals surface area contributed by atoms with Crippen molar-refractivity contribution in [3.63, 3.8) is 0 Å². The summed E-state index contributed by atoms with van der Waals surface area (Å²) >= 11 is 0. The van der Waals surface area contributed by atoms with Crippen molar-refractivity contribution in [1.82, 2.24) is 9.38 Å². The normalized spacial score (nSPS) is 15.7. The molecule has 2 heterocycles. The third kappa shape index (κ3) is 7.55. The summed E-state index contributed by atoms with van der Waals surface area (Å²) in [5, 5.41) is 0. The molecule has 191 valence electrons. The zero-order chi connectivity index (χ0) is 25.8. The fourth-order valence-electron chi connectivity index (χ4n) is 5.03. The van der Waals surface area contributed by atoms with Gasteiger partial charge in [0.15, 0.2) is 0 Å². The van der Waals surface area contributed by atoms with Gasteiger partial charge in [0.2, 0.25) is 0 Å². The molecule has 0 aliphatic rings. The van der Waals surface area contributed by atoms with Gasteiger partial charge in [0, 0.05) is 61.0 Å². The van der Waals surface area contributed by atoms with E-state index in [0.717, 1.165) is 11.3 Å². The Morgan fingerprint density at radius 3 is 1.74 bits per heavy atom. The number of hydrogen-bond acceptors (Lipinski definition) is 2. The molecule has 0 saturated heterocycles. The second-order valence-corrected chi connectivity index (χ2v) is 15.2. The number of fused-ring (bicyclic) bond motifs is 1. The van der Waals surface area contributed by atoms with E-state index in [1.165, 1.54) is 5.69 Å². The molecule has 0 spiro atoms. The maximum atomic E-state index is 4.80. The maximum absolute atomic E-state index is 4.80. The molecule has 0 saturated carbocycles. The Labute approximate surface area is 236 Å². The van der Waals surface area contributed by atoms with Gasteiger partial charge in [0.05, 0.1) is 0 Å². The van der Waals surface area contributed by atoms with E-state index < -0.39 is 0 Å². The number of nitrogens with zero attached hydrogens (tertiary/aromatic N) is 3. The van der Waals surface area contributed by atoms with Gasteiger partial charge in [-0.05, 0) is 31.9 Å². The van der Waals surface area contributed by atoms with Gasteiger partial charge in [-0.1, -0.05) is 113 Å². The van der Waals surface area contributed by atoms with Crippen LogP contribution in [0.2, 0.25) is 0 Å². The summed E-state index contributed by atoms with van der Waals surface area (Å²) < 4.78 is 2.27. The summed E-state index contributed by atoms with van der Waals surface area (Å²) in [6, 6.07) is 4.57. The van der Waals surface area contributed by atoms with Crippen molar-refractivity contribution in [3.05, 3.63) is 36.6 Å². The van der Waals surface area contributed by atoms with Crippen LogP contribution in [0.3, 0.4) is 0 Å². The summed E-state index contributed by atoms with van der Waals surface area (Å²) in [4.78, 5) is 7.40. The Morgan fingerprint density at radius 1 is 0.824 bits per heavy atom. The number of rotatable bonds is 4. The van der Waals surface area contributed by atoms with Gasteiger partial charge < -0.3 is 20.7 Å². The average Bonchev–Trinajstić information content (AvgIpc) is 2.97. The van der Waals surface area contributed by atoms with Crippen LogP contribution in [0, 0.1) is 34.8 Å². The molecule has 0 aliphatic carbocycles. The first kappa shape index (κ1) is 31.6. The molecule has 34 heavy (non-hydrogen) atoms. The van der Waals surface area contributed by atoms with Crippen molar-refractivity contribution in [2.45, 2.75) is 121 Å². The molecule has 2 rings (SSSR count). The molecule has 0 N–H and O–H groups in total. The first-order valence-electron chi connectivity index (χ1n) is 12.6. The molecule has 0 aromatic carbocycles. The van der Waals surface area contributed by atoms with Gasteiger partial charge in [0.1, 0.15) is 0 Å². The fraction of sp³-hybridized carbons (Fsp3) is 0.733. The first-order valence-corrected chi connectivity index (χ1v) is 12.6. The van der Waals surface area contributed by atoms with Crippen LogP contribution in [0.25, 0.3) is 5.65 Å². The fourth-order valence-corrected chi connectivity index (χ4v) is 5.03. The second-order valence-electron chi connectivity index (χ2n) is 15.2. The van der Waals surface area contributed by atoms with Gasteiger partial charge in [-0.15, -0.1) is 5.92 Å². The van der Waals surface area contributed by atoms with Crippen molar-refractivity contribution in [3.8, 4) is 0 Å². The van der Waals surface area contributed by atoms with E-state index in [1.807, 2.05) is 0 Å². The van der Waals surface area contributed by atoms with E-state index in [0.29, 0.717) is 5.92 Å². The molecule has 2 atom stereocenters. The number of anilines is 1. The van der Waals surface area contributed by atoms with Gasteiger partial charge in [0.25, 0.3) is 0 Å². The van der Waals surface area contributed by atoms with E-state index >= 15 is 0 Å². The molecule has 2 unspecified atom stereocenters. The van der Waals surface area contributed by atoms with E-state index in [2.05, 4.69) is 144 Å². The molecule has 2 aromatic rings. The largest absolute Gasteiger partial charge is 0.410 e. The summed E-state index contributed by atoms with van der Waals surface area (Å²) in [6.07, 6.45) is 8.30. The van der Waals surface area contributed by atoms with Crippen LogP contribution in [-0.2, 0) is 38.1 Å². The quantitative estimate of drug-likeness (QED) is 0.362. The molecule has 2 aromatic heterocycles. The van der Waals surface area contributed by atoms with Crippen molar-refractivity contribution in [1.29, 1.82) is 0 Å². The SMILES string of the molecule is CC(C)(C)[CH-]C(C(N(c1[c-]nc2ccc(C(C)(C)C)n2c1)C(C)(C)C)C(C)(C)C)C(C)(C)C.[Y].